The van der Waals surface area contributed by atoms with Crippen LogP contribution in [0.5, 0.6) is 0 Å². The normalized spacial score (nSPS) is 10.6. The first-order valence-corrected chi connectivity index (χ1v) is 6.55. The number of nitrogens with two attached hydrogens (primary N) is 1. The van der Waals surface area contributed by atoms with Gasteiger partial charge in [0.1, 0.15) is 10.6 Å². The van der Waals surface area contributed by atoms with Gasteiger partial charge in [-0.2, -0.15) is 0 Å². The zero-order chi connectivity index (χ0) is 13.3. The van der Waals surface area contributed by atoms with Gasteiger partial charge in [-0.3, -0.25) is 0 Å². The Morgan fingerprint density at radius 3 is 2.83 bits per heavy atom. The summed E-state index contributed by atoms with van der Waals surface area (Å²) in [5.74, 6) is 0.191. The van der Waals surface area contributed by atoms with Crippen molar-refractivity contribution in [2.45, 2.75) is 13.8 Å². The Labute approximate surface area is 113 Å². The van der Waals surface area contributed by atoms with Crippen LogP contribution in [0, 0.1) is 6.92 Å². The molecule has 0 fully saturated rings. The van der Waals surface area contributed by atoms with Gasteiger partial charge in [0.15, 0.2) is 5.22 Å². The Kier molecular flexibility index (Phi) is 3.63. The average Bonchev–Trinajstić information content (AvgIpc) is 2.86. The predicted molar refractivity (Wildman–Crippen MR) is 72.1 cm³/mol. The Morgan fingerprint density at radius 1 is 1.56 bits per heavy atom. The molecule has 2 aromatic rings. The number of esters is 1. The van der Waals surface area contributed by atoms with Crippen LogP contribution < -0.4 is 5.73 Å². The van der Waals surface area contributed by atoms with Crippen LogP contribution in [-0.2, 0) is 4.74 Å². The maximum absolute atomic E-state index is 11.7. The molecule has 0 unspecified atom stereocenters. The van der Waals surface area contributed by atoms with Gasteiger partial charge in [-0.25, -0.2) is 4.79 Å². The zero-order valence-corrected chi connectivity index (χ0v) is 11.5. The molecule has 0 amide bonds. The molecule has 2 heterocycles. The van der Waals surface area contributed by atoms with E-state index in [2.05, 4.69) is 0 Å². The van der Waals surface area contributed by atoms with E-state index in [9.17, 15) is 4.79 Å². The minimum absolute atomic E-state index is 0.300. The molecule has 96 valence electrons. The maximum atomic E-state index is 11.7. The molecule has 0 aromatic carbocycles. The summed E-state index contributed by atoms with van der Waals surface area (Å²) in [7, 11) is 0. The van der Waals surface area contributed by atoms with Gasteiger partial charge in [0.25, 0.3) is 0 Å². The number of anilines is 1. The van der Waals surface area contributed by atoms with Gasteiger partial charge in [0.05, 0.1) is 17.2 Å². The van der Waals surface area contributed by atoms with Crippen molar-refractivity contribution < 1.29 is 13.9 Å². The van der Waals surface area contributed by atoms with Gasteiger partial charge >= 0.3 is 5.97 Å². The van der Waals surface area contributed by atoms with Crippen molar-refractivity contribution in [2.75, 3.05) is 12.3 Å². The maximum Gasteiger partial charge on any atom is 0.350 e. The van der Waals surface area contributed by atoms with Crippen molar-refractivity contribution in [3.63, 3.8) is 0 Å². The molecule has 0 aliphatic rings. The van der Waals surface area contributed by atoms with E-state index in [1.807, 2.05) is 6.92 Å². The third-order valence-corrected chi connectivity index (χ3v) is 3.96. The van der Waals surface area contributed by atoms with Crippen LogP contribution >= 0.6 is 22.9 Å². The molecule has 6 heteroatoms. The van der Waals surface area contributed by atoms with Crippen molar-refractivity contribution in [1.82, 2.24) is 0 Å². The quantitative estimate of drug-likeness (QED) is 0.873. The van der Waals surface area contributed by atoms with Gasteiger partial charge < -0.3 is 14.9 Å². The number of nitrogen functional groups attached to an aromatic ring is 1. The number of halogens is 1. The Bertz CT molecular complexity index is 588. The first-order chi connectivity index (χ1) is 8.54. The molecular formula is C12H12ClNO3S. The summed E-state index contributed by atoms with van der Waals surface area (Å²) in [4.78, 5) is 12.9. The molecule has 2 rings (SSSR count). The molecule has 0 bridgehead atoms. The molecule has 0 saturated heterocycles. The second kappa shape index (κ2) is 5.04. The third kappa shape index (κ3) is 2.23. The van der Waals surface area contributed by atoms with Crippen molar-refractivity contribution >= 4 is 34.6 Å². The van der Waals surface area contributed by atoms with Crippen LogP contribution in [0.25, 0.3) is 10.6 Å². The lowest BCUT2D eigenvalue weighted by Crippen LogP contribution is -2.05. The average molecular weight is 286 g/mol. The molecule has 2 N–H and O–H groups in total. The molecule has 0 saturated carbocycles. The molecule has 0 aliphatic heterocycles. The SMILES string of the molecule is CCOC(=O)c1sc(-c2ccc(Cl)o2)c(C)c1N. The van der Waals surface area contributed by atoms with E-state index < -0.39 is 5.97 Å². The number of hydrogen-bond acceptors (Lipinski definition) is 5. The Hall–Kier alpha value is -1.46. The number of thiophene rings is 1. The van der Waals surface area contributed by atoms with E-state index in [-0.39, 0.29) is 0 Å². The molecular weight excluding hydrogens is 274 g/mol. The number of carbonyl (C=O) groups excluding carboxylic acids is 1. The van der Waals surface area contributed by atoms with Gasteiger partial charge in [-0.15, -0.1) is 11.3 Å². The van der Waals surface area contributed by atoms with E-state index in [0.29, 0.717) is 28.2 Å². The summed E-state index contributed by atoms with van der Waals surface area (Å²) in [5.41, 5.74) is 7.15. The number of hydrogen-bond donors (Lipinski definition) is 1. The first kappa shape index (κ1) is 13.0. The Balaban J connectivity index is 2.45. The van der Waals surface area contributed by atoms with E-state index in [0.717, 1.165) is 10.4 Å². The van der Waals surface area contributed by atoms with Crippen LogP contribution in [0.3, 0.4) is 0 Å². The molecule has 4 nitrogen and oxygen atoms in total. The molecule has 0 radical (unpaired) electrons. The minimum atomic E-state index is -0.410. The lowest BCUT2D eigenvalue weighted by molar-refractivity contribution is 0.0533. The summed E-state index contributed by atoms with van der Waals surface area (Å²) in [5, 5.41) is 0.300. The number of rotatable bonds is 3. The fourth-order valence-corrected chi connectivity index (χ4v) is 2.77. The predicted octanol–water partition coefficient (Wildman–Crippen LogP) is 3.73. The lowest BCUT2D eigenvalue weighted by atomic mass is 10.2. The summed E-state index contributed by atoms with van der Waals surface area (Å²) >= 11 is 6.99. The number of ether oxygens (including phenoxy) is 1. The second-order valence-electron chi connectivity index (χ2n) is 3.62. The molecule has 18 heavy (non-hydrogen) atoms. The summed E-state index contributed by atoms with van der Waals surface area (Å²) in [6, 6.07) is 3.39. The highest BCUT2D eigenvalue weighted by atomic mass is 35.5. The third-order valence-electron chi connectivity index (χ3n) is 2.45. The van der Waals surface area contributed by atoms with Crippen LogP contribution in [0.2, 0.25) is 5.22 Å². The van der Waals surface area contributed by atoms with Crippen molar-refractivity contribution in [3.8, 4) is 10.6 Å². The van der Waals surface area contributed by atoms with E-state index in [1.54, 1.807) is 19.1 Å². The highest BCUT2D eigenvalue weighted by Crippen LogP contribution is 2.39. The smallest absolute Gasteiger partial charge is 0.350 e. The van der Waals surface area contributed by atoms with Crippen molar-refractivity contribution in [2.24, 2.45) is 0 Å². The highest BCUT2D eigenvalue weighted by Gasteiger charge is 2.21. The fourth-order valence-electron chi connectivity index (χ4n) is 1.55. The lowest BCUT2D eigenvalue weighted by Gasteiger charge is -1.99. The standard InChI is InChI=1S/C12H12ClNO3S/c1-3-16-12(15)11-9(14)6(2)10(18-11)7-4-5-8(13)17-7/h4-5H,3,14H2,1-2H3. The van der Waals surface area contributed by atoms with Crippen LogP contribution in [0.15, 0.2) is 16.5 Å². The number of furan rings is 1. The minimum Gasteiger partial charge on any atom is -0.462 e. The van der Waals surface area contributed by atoms with Crippen LogP contribution in [0.4, 0.5) is 5.69 Å². The monoisotopic (exact) mass is 285 g/mol. The van der Waals surface area contributed by atoms with E-state index >= 15 is 0 Å². The second-order valence-corrected chi connectivity index (χ2v) is 5.02. The molecule has 0 atom stereocenters. The van der Waals surface area contributed by atoms with E-state index in [4.69, 9.17) is 26.5 Å². The van der Waals surface area contributed by atoms with Crippen LogP contribution in [-0.4, -0.2) is 12.6 Å². The van der Waals surface area contributed by atoms with Gasteiger partial charge in [0, 0.05) is 0 Å². The summed E-state index contributed by atoms with van der Waals surface area (Å²) in [6.07, 6.45) is 0. The Morgan fingerprint density at radius 2 is 2.28 bits per heavy atom. The molecule has 0 aliphatic carbocycles. The van der Waals surface area contributed by atoms with Gasteiger partial charge in [0.2, 0.25) is 0 Å². The van der Waals surface area contributed by atoms with Gasteiger partial charge in [-0.1, -0.05) is 0 Å². The van der Waals surface area contributed by atoms with Crippen LogP contribution in [0.1, 0.15) is 22.2 Å². The topological polar surface area (TPSA) is 65.5 Å². The highest BCUT2D eigenvalue weighted by molar-refractivity contribution is 7.18. The molecule has 0 spiro atoms. The summed E-state index contributed by atoms with van der Waals surface area (Å²) < 4.78 is 10.3. The molecule has 2 aromatic heterocycles. The zero-order valence-electron chi connectivity index (χ0n) is 9.95. The first-order valence-electron chi connectivity index (χ1n) is 5.36. The van der Waals surface area contributed by atoms with E-state index in [1.165, 1.54) is 11.3 Å². The van der Waals surface area contributed by atoms with Gasteiger partial charge in [-0.05, 0) is 43.1 Å². The largest absolute Gasteiger partial charge is 0.462 e. The van der Waals surface area contributed by atoms with Crippen molar-refractivity contribution in [3.05, 3.63) is 27.8 Å². The summed E-state index contributed by atoms with van der Waals surface area (Å²) in [6.45, 7) is 3.90. The van der Waals surface area contributed by atoms with Crippen molar-refractivity contribution in [1.29, 1.82) is 0 Å². The number of carbonyl (C=O) groups is 1. The fraction of sp³-hybridized carbons (Fsp3) is 0.250.